The molecule has 1 fully saturated rings. The fourth-order valence-electron chi connectivity index (χ4n) is 3.72. The third-order valence-corrected chi connectivity index (χ3v) is 5.63. The number of aromatic nitrogens is 1. The van der Waals surface area contributed by atoms with Gasteiger partial charge in [0.15, 0.2) is 11.7 Å². The fourth-order valence-corrected chi connectivity index (χ4v) is 3.72. The number of ether oxygens (including phenoxy) is 2. The lowest BCUT2D eigenvalue weighted by Crippen LogP contribution is -2.44. The highest BCUT2D eigenvalue weighted by Crippen LogP contribution is 2.25. The highest BCUT2D eigenvalue weighted by molar-refractivity contribution is 5.93. The van der Waals surface area contributed by atoms with Crippen molar-refractivity contribution in [2.75, 3.05) is 25.5 Å². The zero-order valence-corrected chi connectivity index (χ0v) is 19.6. The van der Waals surface area contributed by atoms with Crippen molar-refractivity contribution in [3.05, 3.63) is 60.3 Å². The molecule has 2 heterocycles. The van der Waals surface area contributed by atoms with Gasteiger partial charge in [0.05, 0.1) is 7.11 Å². The van der Waals surface area contributed by atoms with E-state index in [1.54, 1.807) is 18.1 Å². The monoisotopic (exact) mass is 485 g/mol. The number of anilines is 1. The maximum absolute atomic E-state index is 12.6. The van der Waals surface area contributed by atoms with Crippen LogP contribution in [0.5, 0.6) is 11.5 Å². The number of carbonyl (C=O) groups is 1. The van der Waals surface area contributed by atoms with Gasteiger partial charge in [0, 0.05) is 42.4 Å². The smallest absolute Gasteiger partial charge is 0.227 e. The van der Waals surface area contributed by atoms with Crippen LogP contribution in [0.2, 0.25) is 0 Å². The summed E-state index contributed by atoms with van der Waals surface area (Å²) in [5.74, 6) is 1.96. The minimum atomic E-state index is -0.100. The van der Waals surface area contributed by atoms with Gasteiger partial charge in [0.1, 0.15) is 23.8 Å². The van der Waals surface area contributed by atoms with Gasteiger partial charge in [0.25, 0.3) is 0 Å². The Morgan fingerprint density at radius 3 is 2.59 bits per heavy atom. The minimum Gasteiger partial charge on any atom is -0.497 e. The van der Waals surface area contributed by atoms with E-state index in [4.69, 9.17) is 25.1 Å². The fraction of sp³-hybridized carbons (Fsp3) is 0.292. The maximum Gasteiger partial charge on any atom is 0.227 e. The summed E-state index contributed by atoms with van der Waals surface area (Å²) < 4.78 is 16.4. The molecule has 9 nitrogen and oxygen atoms in total. The topological polar surface area (TPSA) is 127 Å². The van der Waals surface area contributed by atoms with Gasteiger partial charge in [-0.2, -0.15) is 0 Å². The molecule has 10 heteroatoms. The summed E-state index contributed by atoms with van der Waals surface area (Å²) in [6, 6.07) is 16.6. The van der Waals surface area contributed by atoms with Gasteiger partial charge in [-0.25, -0.2) is 0 Å². The van der Waals surface area contributed by atoms with Crippen LogP contribution in [0, 0.1) is 11.3 Å². The van der Waals surface area contributed by atoms with E-state index in [2.05, 4.69) is 10.5 Å². The van der Waals surface area contributed by atoms with Crippen molar-refractivity contribution in [1.82, 2.24) is 10.1 Å². The second kappa shape index (κ2) is 11.4. The van der Waals surface area contributed by atoms with Gasteiger partial charge in [-0.05, 0) is 49.2 Å². The molecule has 2 aromatic carbocycles. The molecule has 1 aliphatic rings. The van der Waals surface area contributed by atoms with Crippen molar-refractivity contribution in [2.24, 2.45) is 11.7 Å². The zero-order chi connectivity index (χ0) is 23.2. The Balaban J connectivity index is 0.00000324. The summed E-state index contributed by atoms with van der Waals surface area (Å²) in [5, 5.41) is 14.5. The number of carbonyl (C=O) groups excluding carboxylic acids is 1. The number of nitrogens with two attached hydrogens (primary N) is 1. The van der Waals surface area contributed by atoms with Gasteiger partial charge >= 0.3 is 0 Å². The third-order valence-electron chi connectivity index (χ3n) is 5.63. The summed E-state index contributed by atoms with van der Waals surface area (Å²) in [7, 11) is 1.62. The van der Waals surface area contributed by atoms with Gasteiger partial charge in [0.2, 0.25) is 5.91 Å². The Bertz CT molecular complexity index is 1110. The van der Waals surface area contributed by atoms with Crippen molar-refractivity contribution >= 4 is 30.0 Å². The highest BCUT2D eigenvalue weighted by Gasteiger charge is 2.25. The lowest BCUT2D eigenvalue weighted by atomic mass is 9.96. The van der Waals surface area contributed by atoms with E-state index >= 15 is 0 Å². The predicted octanol–water partition coefficient (Wildman–Crippen LogP) is 3.89. The number of nitrogens with zero attached hydrogens (tertiary/aromatic N) is 2. The highest BCUT2D eigenvalue weighted by atomic mass is 35.5. The van der Waals surface area contributed by atoms with E-state index in [1.807, 2.05) is 48.5 Å². The number of likely N-dealkylation sites (tertiary alicyclic amines) is 1. The molecule has 3 aromatic rings. The predicted molar refractivity (Wildman–Crippen MR) is 131 cm³/mol. The van der Waals surface area contributed by atoms with Crippen LogP contribution < -0.4 is 20.5 Å². The number of nitrogens with one attached hydrogen (secondary N) is 2. The van der Waals surface area contributed by atoms with Gasteiger partial charge in [-0.3, -0.25) is 10.2 Å². The molecular weight excluding hydrogens is 458 g/mol. The van der Waals surface area contributed by atoms with Crippen molar-refractivity contribution < 1.29 is 18.8 Å². The summed E-state index contributed by atoms with van der Waals surface area (Å²) in [6.07, 6.45) is 1.34. The summed E-state index contributed by atoms with van der Waals surface area (Å²) in [4.78, 5) is 14.4. The molecule has 4 N–H and O–H groups in total. The van der Waals surface area contributed by atoms with E-state index in [-0.39, 0.29) is 36.8 Å². The number of benzene rings is 2. The van der Waals surface area contributed by atoms with Crippen LogP contribution in [0.4, 0.5) is 5.69 Å². The molecule has 180 valence electrons. The molecule has 0 unspecified atom stereocenters. The first-order valence-electron chi connectivity index (χ1n) is 10.7. The van der Waals surface area contributed by atoms with E-state index in [0.717, 1.165) is 11.3 Å². The lowest BCUT2D eigenvalue weighted by molar-refractivity contribution is -0.121. The number of methoxy groups -OCH3 is 1. The quantitative estimate of drug-likeness (QED) is 0.342. The van der Waals surface area contributed by atoms with Crippen LogP contribution in [0.1, 0.15) is 18.5 Å². The molecule has 0 radical (unpaired) electrons. The van der Waals surface area contributed by atoms with Crippen molar-refractivity contribution in [1.29, 1.82) is 5.41 Å². The molecule has 1 saturated heterocycles. The Hall–Kier alpha value is -3.72. The van der Waals surface area contributed by atoms with Crippen molar-refractivity contribution in [3.8, 4) is 22.8 Å². The number of hydrogen-bond donors (Lipinski definition) is 3. The van der Waals surface area contributed by atoms with Crippen LogP contribution >= 0.6 is 12.4 Å². The third kappa shape index (κ3) is 6.20. The number of rotatable bonds is 7. The average molecular weight is 486 g/mol. The van der Waals surface area contributed by atoms with Crippen molar-refractivity contribution in [3.63, 3.8) is 0 Å². The lowest BCUT2D eigenvalue weighted by Gasteiger charge is -2.31. The first-order chi connectivity index (χ1) is 16.0. The van der Waals surface area contributed by atoms with E-state index < -0.39 is 0 Å². The molecule has 0 bridgehead atoms. The second-order valence-electron chi connectivity index (χ2n) is 7.86. The van der Waals surface area contributed by atoms with E-state index in [0.29, 0.717) is 48.8 Å². The number of piperidine rings is 1. The summed E-state index contributed by atoms with van der Waals surface area (Å²) in [6.45, 7) is 1.47. The van der Waals surface area contributed by atoms with Crippen LogP contribution in [0.3, 0.4) is 0 Å². The number of halogens is 1. The average Bonchev–Trinajstić information content (AvgIpc) is 3.32. The SMILES string of the molecule is COc1ccc(-c2cc(COc3cccc(NC(=O)C4CCN(C(=N)N)CC4)c3)no2)cc1.Cl. The van der Waals surface area contributed by atoms with Crippen LogP contribution in [0.15, 0.2) is 59.1 Å². The van der Waals surface area contributed by atoms with E-state index in [9.17, 15) is 4.79 Å². The number of hydrogen-bond acceptors (Lipinski definition) is 6. The molecular formula is C24H28ClN5O4. The van der Waals surface area contributed by atoms with Gasteiger partial charge in [-0.1, -0.05) is 11.2 Å². The number of amides is 1. The molecule has 0 atom stereocenters. The first-order valence-corrected chi connectivity index (χ1v) is 10.7. The van der Waals surface area contributed by atoms with E-state index in [1.165, 1.54) is 0 Å². The Morgan fingerprint density at radius 1 is 1.18 bits per heavy atom. The Kier molecular flexibility index (Phi) is 8.37. The Morgan fingerprint density at radius 2 is 1.91 bits per heavy atom. The molecule has 0 spiro atoms. The molecule has 34 heavy (non-hydrogen) atoms. The second-order valence-corrected chi connectivity index (χ2v) is 7.86. The molecule has 1 amide bonds. The van der Waals surface area contributed by atoms with Crippen LogP contribution in [-0.2, 0) is 11.4 Å². The Labute approximate surface area is 204 Å². The zero-order valence-electron chi connectivity index (χ0n) is 18.8. The molecule has 0 saturated carbocycles. The normalized spacial score (nSPS) is 13.6. The standard InChI is InChI=1S/C24H27N5O4.ClH/c1-31-20-7-5-16(6-8-20)22-14-19(28-33-22)15-32-21-4-2-3-18(13-21)27-23(30)17-9-11-29(12-10-17)24(25)26;/h2-8,13-14,17H,9-12,15H2,1H3,(H3,25,26)(H,27,30);1H. The minimum absolute atomic E-state index is 0. The molecule has 0 aliphatic carbocycles. The van der Waals surface area contributed by atoms with Gasteiger partial charge in [-0.15, -0.1) is 12.4 Å². The summed E-state index contributed by atoms with van der Waals surface area (Å²) in [5.41, 5.74) is 7.75. The molecule has 1 aliphatic heterocycles. The van der Waals surface area contributed by atoms with Crippen LogP contribution in [-0.4, -0.2) is 42.1 Å². The molecule has 4 rings (SSSR count). The van der Waals surface area contributed by atoms with Crippen molar-refractivity contribution in [2.45, 2.75) is 19.4 Å². The number of guanidine groups is 1. The van der Waals surface area contributed by atoms with Gasteiger partial charge < -0.3 is 29.9 Å². The molecule has 1 aromatic heterocycles. The maximum atomic E-state index is 12.6. The van der Waals surface area contributed by atoms with Crippen LogP contribution in [0.25, 0.3) is 11.3 Å². The largest absolute Gasteiger partial charge is 0.497 e. The first kappa shape index (κ1) is 24.9. The summed E-state index contributed by atoms with van der Waals surface area (Å²) >= 11 is 0.